The zero-order chi connectivity index (χ0) is 16.0. The highest BCUT2D eigenvalue weighted by Crippen LogP contribution is 2.29. The van der Waals surface area contributed by atoms with Gasteiger partial charge in [0.2, 0.25) is 0 Å². The molecule has 1 unspecified atom stereocenters. The van der Waals surface area contributed by atoms with Crippen LogP contribution in [0.2, 0.25) is 0 Å². The number of hydrogen-bond donors (Lipinski definition) is 1. The van der Waals surface area contributed by atoms with Gasteiger partial charge in [-0.25, -0.2) is 9.59 Å². The molecule has 6 nitrogen and oxygen atoms in total. The first kappa shape index (κ1) is 17.8. The van der Waals surface area contributed by atoms with Crippen LogP contribution < -0.4 is 0 Å². The number of ether oxygens (including phenoxy) is 2. The molecule has 0 aromatic heterocycles. The maximum atomic E-state index is 12.2. The van der Waals surface area contributed by atoms with E-state index in [1.807, 2.05) is 0 Å². The summed E-state index contributed by atoms with van der Waals surface area (Å²) in [6.45, 7) is 8.01. The van der Waals surface area contributed by atoms with Gasteiger partial charge in [0.15, 0.2) is 0 Å². The fraction of sp³-hybridized carbons (Fsp3) is 0.867. The number of hydrogen-bond acceptors (Lipinski definition) is 5. The first-order valence-corrected chi connectivity index (χ1v) is 7.55. The summed E-state index contributed by atoms with van der Waals surface area (Å²) in [7, 11) is 0. The molecule has 1 heterocycles. The summed E-state index contributed by atoms with van der Waals surface area (Å²) < 4.78 is 10.4. The maximum absolute atomic E-state index is 12.2. The second kappa shape index (κ2) is 7.64. The summed E-state index contributed by atoms with van der Waals surface area (Å²) in [5.41, 5.74) is -0.598. The summed E-state index contributed by atoms with van der Waals surface area (Å²) in [5.74, 6) is -0.186. The lowest BCUT2D eigenvalue weighted by Crippen LogP contribution is -2.44. The van der Waals surface area contributed by atoms with Crippen molar-refractivity contribution < 1.29 is 24.2 Å². The van der Waals surface area contributed by atoms with Crippen molar-refractivity contribution in [2.75, 3.05) is 19.8 Å². The molecule has 0 aromatic carbocycles. The number of aliphatic hydroxyl groups excluding tert-OH is 1. The minimum absolute atomic E-state index is 0.118. The fourth-order valence-corrected chi connectivity index (χ4v) is 2.50. The molecular formula is C15H27NO5. The molecule has 1 rings (SSSR count). The molecule has 1 amide bonds. The van der Waals surface area contributed by atoms with Crippen molar-refractivity contribution in [3.8, 4) is 0 Å². The average molecular weight is 301 g/mol. The number of esters is 1. The Morgan fingerprint density at radius 1 is 1.33 bits per heavy atom. The Morgan fingerprint density at radius 2 is 2.00 bits per heavy atom. The number of carbonyl (C=O) groups excluding carboxylic acids is 2. The number of aliphatic hydroxyl groups is 1. The maximum Gasteiger partial charge on any atom is 0.411 e. The normalized spacial score (nSPS) is 22.2. The van der Waals surface area contributed by atoms with E-state index in [-0.39, 0.29) is 18.5 Å². The van der Waals surface area contributed by atoms with E-state index in [4.69, 9.17) is 14.6 Å². The van der Waals surface area contributed by atoms with Crippen LogP contribution in [0.1, 0.15) is 47.0 Å². The lowest BCUT2D eigenvalue weighted by atomic mass is 10.0. The Kier molecular flexibility index (Phi) is 6.45. The molecule has 0 aromatic rings. The van der Waals surface area contributed by atoms with Crippen molar-refractivity contribution in [3.05, 3.63) is 0 Å². The summed E-state index contributed by atoms with van der Waals surface area (Å²) >= 11 is 0. The van der Waals surface area contributed by atoms with Gasteiger partial charge < -0.3 is 14.6 Å². The Morgan fingerprint density at radius 3 is 2.52 bits per heavy atom. The van der Waals surface area contributed by atoms with Crippen LogP contribution in [0.5, 0.6) is 0 Å². The Balaban J connectivity index is 2.75. The van der Waals surface area contributed by atoms with Crippen LogP contribution in [0.4, 0.5) is 4.79 Å². The Hall–Kier alpha value is -1.30. The molecule has 1 saturated heterocycles. The smallest absolute Gasteiger partial charge is 0.411 e. The molecule has 0 aliphatic carbocycles. The van der Waals surface area contributed by atoms with Gasteiger partial charge in [-0.15, -0.1) is 0 Å². The lowest BCUT2D eigenvalue weighted by molar-refractivity contribution is -0.148. The van der Waals surface area contributed by atoms with Gasteiger partial charge in [0.1, 0.15) is 11.6 Å². The van der Waals surface area contributed by atoms with Crippen LogP contribution in [0.25, 0.3) is 0 Å². The zero-order valence-corrected chi connectivity index (χ0v) is 13.4. The number of carbonyl (C=O) groups is 2. The Labute approximate surface area is 126 Å². The second-order valence-electron chi connectivity index (χ2n) is 6.37. The molecule has 21 heavy (non-hydrogen) atoms. The van der Waals surface area contributed by atoms with Crippen molar-refractivity contribution in [1.82, 2.24) is 4.90 Å². The number of likely N-dealkylation sites (tertiary alicyclic amines) is 1. The summed E-state index contributed by atoms with van der Waals surface area (Å²) in [6, 6.07) is -0.580. The molecule has 6 heteroatoms. The third-order valence-corrected chi connectivity index (χ3v) is 3.34. The van der Waals surface area contributed by atoms with Crippen molar-refractivity contribution >= 4 is 12.1 Å². The first-order chi connectivity index (χ1) is 9.78. The quantitative estimate of drug-likeness (QED) is 0.785. The molecule has 0 radical (unpaired) electrons. The molecule has 0 spiro atoms. The van der Waals surface area contributed by atoms with E-state index in [1.54, 1.807) is 27.7 Å². The van der Waals surface area contributed by atoms with Crippen LogP contribution in [-0.2, 0) is 14.3 Å². The van der Waals surface area contributed by atoms with Crippen LogP contribution in [0.15, 0.2) is 0 Å². The molecule has 1 aliphatic rings. The van der Waals surface area contributed by atoms with E-state index in [2.05, 4.69) is 0 Å². The molecule has 1 fully saturated rings. The van der Waals surface area contributed by atoms with Gasteiger partial charge >= 0.3 is 12.1 Å². The van der Waals surface area contributed by atoms with Crippen molar-refractivity contribution in [2.45, 2.75) is 58.6 Å². The first-order valence-electron chi connectivity index (χ1n) is 7.55. The van der Waals surface area contributed by atoms with Gasteiger partial charge in [0, 0.05) is 13.2 Å². The minimum Gasteiger partial charge on any atom is -0.464 e. The lowest BCUT2D eigenvalue weighted by Gasteiger charge is -2.27. The van der Waals surface area contributed by atoms with Gasteiger partial charge in [-0.1, -0.05) is 0 Å². The summed E-state index contributed by atoms with van der Waals surface area (Å²) in [4.78, 5) is 25.7. The predicted molar refractivity (Wildman–Crippen MR) is 77.8 cm³/mol. The van der Waals surface area contributed by atoms with E-state index in [9.17, 15) is 9.59 Å². The zero-order valence-electron chi connectivity index (χ0n) is 13.4. The number of rotatable bonds is 5. The molecule has 1 N–H and O–H groups in total. The van der Waals surface area contributed by atoms with Crippen molar-refractivity contribution in [2.24, 2.45) is 5.92 Å². The predicted octanol–water partition coefficient (Wildman–Crippen LogP) is 1.95. The van der Waals surface area contributed by atoms with Crippen LogP contribution >= 0.6 is 0 Å². The van der Waals surface area contributed by atoms with Gasteiger partial charge in [-0.2, -0.15) is 0 Å². The molecular weight excluding hydrogens is 274 g/mol. The van der Waals surface area contributed by atoms with Gasteiger partial charge in [-0.3, -0.25) is 4.90 Å². The van der Waals surface area contributed by atoms with E-state index >= 15 is 0 Å². The summed E-state index contributed by atoms with van der Waals surface area (Å²) in [5, 5.41) is 8.92. The SMILES string of the molecule is CCOC(=O)[C@@H]1CC(CCCO)CN1C(=O)OC(C)(C)C. The van der Waals surface area contributed by atoms with Gasteiger partial charge in [-0.05, 0) is 52.9 Å². The van der Waals surface area contributed by atoms with Crippen molar-refractivity contribution in [1.29, 1.82) is 0 Å². The number of amides is 1. The third kappa shape index (κ3) is 5.53. The van der Waals surface area contributed by atoms with E-state index in [1.165, 1.54) is 4.90 Å². The largest absolute Gasteiger partial charge is 0.464 e. The highest BCUT2D eigenvalue weighted by molar-refractivity contribution is 5.82. The van der Waals surface area contributed by atoms with Crippen LogP contribution in [-0.4, -0.2) is 53.5 Å². The molecule has 122 valence electrons. The average Bonchev–Trinajstić information content (AvgIpc) is 2.79. The van der Waals surface area contributed by atoms with E-state index < -0.39 is 17.7 Å². The van der Waals surface area contributed by atoms with Crippen molar-refractivity contribution in [3.63, 3.8) is 0 Å². The minimum atomic E-state index is -0.598. The van der Waals surface area contributed by atoms with Crippen LogP contribution in [0.3, 0.4) is 0 Å². The van der Waals surface area contributed by atoms with Gasteiger partial charge in [0.25, 0.3) is 0 Å². The van der Waals surface area contributed by atoms with Gasteiger partial charge in [0.05, 0.1) is 6.61 Å². The molecule has 2 atom stereocenters. The molecule has 0 saturated carbocycles. The third-order valence-electron chi connectivity index (χ3n) is 3.34. The highest BCUT2D eigenvalue weighted by atomic mass is 16.6. The topological polar surface area (TPSA) is 76.1 Å². The molecule has 1 aliphatic heterocycles. The van der Waals surface area contributed by atoms with Crippen LogP contribution in [0, 0.1) is 5.92 Å². The number of nitrogens with zero attached hydrogens (tertiary/aromatic N) is 1. The molecule has 0 bridgehead atoms. The fourth-order valence-electron chi connectivity index (χ4n) is 2.50. The van der Waals surface area contributed by atoms with E-state index in [0.717, 1.165) is 6.42 Å². The standard InChI is InChI=1S/C15H27NO5/c1-5-20-13(18)12-9-11(7-6-8-17)10-16(12)14(19)21-15(2,3)4/h11-12,17H,5-10H2,1-4H3/t11?,12-/m0/s1. The second-order valence-corrected chi connectivity index (χ2v) is 6.37. The summed E-state index contributed by atoms with van der Waals surface area (Å²) in [6.07, 6.45) is 1.54. The Bertz CT molecular complexity index is 364. The van der Waals surface area contributed by atoms with E-state index in [0.29, 0.717) is 26.0 Å². The monoisotopic (exact) mass is 301 g/mol. The highest BCUT2D eigenvalue weighted by Gasteiger charge is 2.41.